The number of hydrogen-bond acceptors (Lipinski definition) is 11. The zero-order chi connectivity index (χ0) is 32.2. The first kappa shape index (κ1) is 32.8. The maximum atomic E-state index is 13.0. The number of rotatable bonds is 14. The molecular formula is C31H44N6O8. The zero-order valence-electron chi connectivity index (χ0n) is 26.3. The maximum Gasteiger partial charge on any atom is 0.407 e. The van der Waals surface area contributed by atoms with Crippen LogP contribution in [0, 0.1) is 5.41 Å². The molecule has 0 aromatic heterocycles. The lowest BCUT2D eigenvalue weighted by atomic mass is 9.73. The minimum atomic E-state index is -0.975. The van der Waals surface area contributed by atoms with Crippen LogP contribution in [0.1, 0.15) is 54.3 Å². The standard InChI is InChI=1S/C31H44N6O8/c1-30(2,3)45-29(42)33-9-13-44-15-11-36-19-31(20-36)17-35(18-31)10-14-43-12-8-32-21-4-5-22-23(16-21)28(41)37(27(22)40)24-6-7-25(38)34-26(24)39/h4-5,16,24,32H,6-15,17-20H2,1-3H3,(H,33,42)(H,34,38,39). The number of piperidine rings is 1. The van der Waals surface area contributed by atoms with Crippen molar-refractivity contribution in [1.29, 1.82) is 0 Å². The quantitative estimate of drug-likeness (QED) is 0.196. The number of alkyl carbamates (subject to hydrolysis) is 1. The Bertz CT molecular complexity index is 1300. The van der Waals surface area contributed by atoms with E-state index in [1.165, 1.54) is 0 Å². The summed E-state index contributed by atoms with van der Waals surface area (Å²) in [7, 11) is 0. The molecule has 1 atom stereocenters. The minimum absolute atomic E-state index is 0.0873. The third-order valence-corrected chi connectivity index (χ3v) is 8.27. The molecule has 1 spiro atoms. The number of fused-ring (bicyclic) bond motifs is 1. The molecule has 45 heavy (non-hydrogen) atoms. The molecule has 4 heterocycles. The van der Waals surface area contributed by atoms with E-state index in [0.717, 1.165) is 44.2 Å². The second-order valence-electron chi connectivity index (χ2n) is 13.2. The van der Waals surface area contributed by atoms with Gasteiger partial charge in [-0.2, -0.15) is 0 Å². The summed E-state index contributed by atoms with van der Waals surface area (Å²) in [4.78, 5) is 66.9. The van der Waals surface area contributed by atoms with E-state index in [9.17, 15) is 24.0 Å². The topological polar surface area (TPSA) is 159 Å². The van der Waals surface area contributed by atoms with Crippen LogP contribution in [0.5, 0.6) is 0 Å². The Morgan fingerprint density at radius 1 is 0.911 bits per heavy atom. The summed E-state index contributed by atoms with van der Waals surface area (Å²) in [5, 5.41) is 8.12. The van der Waals surface area contributed by atoms with Crippen LogP contribution < -0.4 is 16.0 Å². The van der Waals surface area contributed by atoms with Crippen molar-refractivity contribution in [3.8, 4) is 0 Å². The molecule has 0 radical (unpaired) electrons. The van der Waals surface area contributed by atoms with Crippen molar-refractivity contribution in [3.05, 3.63) is 29.3 Å². The summed E-state index contributed by atoms with van der Waals surface area (Å²) in [6.45, 7) is 14.7. The van der Waals surface area contributed by atoms with Crippen LogP contribution in [0.3, 0.4) is 0 Å². The predicted molar refractivity (Wildman–Crippen MR) is 163 cm³/mol. The van der Waals surface area contributed by atoms with Crippen molar-refractivity contribution in [2.24, 2.45) is 5.41 Å². The van der Waals surface area contributed by atoms with Gasteiger partial charge in [-0.1, -0.05) is 0 Å². The molecule has 14 heteroatoms. The second-order valence-corrected chi connectivity index (χ2v) is 13.2. The van der Waals surface area contributed by atoms with Gasteiger partial charge in [0.15, 0.2) is 0 Å². The number of ether oxygens (including phenoxy) is 3. The van der Waals surface area contributed by atoms with Crippen molar-refractivity contribution < 1.29 is 38.2 Å². The van der Waals surface area contributed by atoms with Gasteiger partial charge in [0.05, 0.1) is 37.6 Å². The van der Waals surface area contributed by atoms with Gasteiger partial charge in [-0.25, -0.2) is 4.79 Å². The number of imide groups is 2. The molecule has 1 aromatic carbocycles. The number of hydrogen-bond donors (Lipinski definition) is 3. The first-order valence-electron chi connectivity index (χ1n) is 15.6. The summed E-state index contributed by atoms with van der Waals surface area (Å²) in [6, 6.07) is 3.97. The Morgan fingerprint density at radius 2 is 1.53 bits per heavy atom. The van der Waals surface area contributed by atoms with Crippen molar-refractivity contribution >= 4 is 35.4 Å². The number of carbonyl (C=O) groups is 5. The lowest BCUT2D eigenvalue weighted by Gasteiger charge is -2.60. The van der Waals surface area contributed by atoms with Gasteiger partial charge in [0, 0.05) is 69.9 Å². The van der Waals surface area contributed by atoms with Crippen LogP contribution in [0.25, 0.3) is 0 Å². The third kappa shape index (κ3) is 8.17. The maximum absolute atomic E-state index is 13.0. The number of nitrogens with zero attached hydrogens (tertiary/aromatic N) is 3. The van der Waals surface area contributed by atoms with Gasteiger partial charge in [-0.3, -0.25) is 39.2 Å². The summed E-state index contributed by atoms with van der Waals surface area (Å²) in [5.74, 6) is -2.06. The fraction of sp³-hybridized carbons (Fsp3) is 0.645. The van der Waals surface area contributed by atoms with Gasteiger partial charge >= 0.3 is 6.09 Å². The van der Waals surface area contributed by atoms with Gasteiger partial charge in [0.2, 0.25) is 11.8 Å². The summed E-state index contributed by atoms with van der Waals surface area (Å²) >= 11 is 0. The van der Waals surface area contributed by atoms with Crippen LogP contribution in [0.2, 0.25) is 0 Å². The smallest absolute Gasteiger partial charge is 0.407 e. The van der Waals surface area contributed by atoms with Gasteiger partial charge in [-0.05, 0) is 45.4 Å². The van der Waals surface area contributed by atoms with Crippen molar-refractivity contribution in [1.82, 2.24) is 25.3 Å². The Labute approximate surface area is 263 Å². The molecule has 3 N–H and O–H groups in total. The predicted octanol–water partition coefficient (Wildman–Crippen LogP) is 0.675. The van der Waals surface area contributed by atoms with Crippen LogP contribution in [0.4, 0.5) is 10.5 Å². The van der Waals surface area contributed by atoms with Gasteiger partial charge < -0.3 is 24.8 Å². The van der Waals surface area contributed by atoms with Gasteiger partial charge in [-0.15, -0.1) is 0 Å². The molecule has 246 valence electrons. The largest absolute Gasteiger partial charge is 0.444 e. The number of amides is 5. The van der Waals surface area contributed by atoms with Crippen LogP contribution in [-0.2, 0) is 23.8 Å². The molecule has 3 fully saturated rings. The number of benzene rings is 1. The Hall–Kier alpha value is -3.59. The first-order valence-corrected chi connectivity index (χ1v) is 15.6. The number of anilines is 1. The Morgan fingerprint density at radius 3 is 2.16 bits per heavy atom. The van der Waals surface area contributed by atoms with Gasteiger partial charge in [0.25, 0.3) is 11.8 Å². The highest BCUT2D eigenvalue weighted by atomic mass is 16.6. The average molecular weight is 629 g/mol. The molecule has 1 unspecified atom stereocenters. The SMILES string of the molecule is CC(C)(C)OC(=O)NCCOCCN1CC2(C1)CN(CCOCCNc1ccc3c(c1)C(=O)N(C1CCC(=O)NC1=O)C3=O)C2. The first-order chi connectivity index (χ1) is 21.4. The van der Waals surface area contributed by atoms with Crippen LogP contribution >= 0.6 is 0 Å². The van der Waals surface area contributed by atoms with Crippen molar-refractivity contribution in [3.63, 3.8) is 0 Å². The average Bonchev–Trinajstić information content (AvgIpc) is 3.17. The van der Waals surface area contributed by atoms with Crippen LogP contribution in [0.15, 0.2) is 18.2 Å². The van der Waals surface area contributed by atoms with E-state index in [0.29, 0.717) is 50.6 Å². The minimum Gasteiger partial charge on any atom is -0.444 e. The van der Waals surface area contributed by atoms with E-state index in [-0.39, 0.29) is 24.0 Å². The Kier molecular flexibility index (Phi) is 10.1. The molecule has 4 aliphatic heterocycles. The molecule has 1 aromatic rings. The fourth-order valence-corrected chi connectivity index (χ4v) is 6.30. The monoisotopic (exact) mass is 628 g/mol. The molecule has 5 amide bonds. The molecule has 0 bridgehead atoms. The van der Waals surface area contributed by atoms with Crippen LogP contribution in [-0.4, -0.2) is 135 Å². The molecule has 3 saturated heterocycles. The normalized spacial score (nSPS) is 21.3. The number of likely N-dealkylation sites (tertiary alicyclic amines) is 2. The lowest BCUT2D eigenvalue weighted by molar-refractivity contribution is -0.136. The fourth-order valence-electron chi connectivity index (χ4n) is 6.30. The van der Waals surface area contributed by atoms with E-state index in [2.05, 4.69) is 25.8 Å². The highest BCUT2D eigenvalue weighted by Crippen LogP contribution is 2.39. The van der Waals surface area contributed by atoms with Crippen molar-refractivity contribution in [2.75, 3.05) is 84.1 Å². The van der Waals surface area contributed by atoms with E-state index < -0.39 is 41.4 Å². The number of nitrogens with one attached hydrogen (secondary N) is 3. The molecule has 14 nitrogen and oxygen atoms in total. The van der Waals surface area contributed by atoms with E-state index in [4.69, 9.17) is 14.2 Å². The zero-order valence-corrected chi connectivity index (χ0v) is 26.3. The van der Waals surface area contributed by atoms with E-state index >= 15 is 0 Å². The second kappa shape index (κ2) is 13.8. The summed E-state index contributed by atoms with van der Waals surface area (Å²) in [5.41, 5.74) is 1.07. The Balaban J connectivity index is 0.892. The molecular weight excluding hydrogens is 584 g/mol. The summed E-state index contributed by atoms with van der Waals surface area (Å²) < 4.78 is 16.6. The molecule has 4 aliphatic rings. The number of carbonyl (C=O) groups excluding carboxylic acids is 5. The highest BCUT2D eigenvalue weighted by molar-refractivity contribution is 6.23. The highest BCUT2D eigenvalue weighted by Gasteiger charge is 2.51. The third-order valence-electron chi connectivity index (χ3n) is 8.27. The lowest BCUT2D eigenvalue weighted by Crippen LogP contribution is -2.72. The molecule has 0 saturated carbocycles. The van der Waals surface area contributed by atoms with E-state index in [1.54, 1.807) is 18.2 Å². The molecule has 0 aliphatic carbocycles. The molecule has 5 rings (SSSR count). The van der Waals surface area contributed by atoms with Crippen molar-refractivity contribution in [2.45, 2.75) is 45.3 Å². The summed E-state index contributed by atoms with van der Waals surface area (Å²) in [6.07, 6.45) is -0.211. The van der Waals surface area contributed by atoms with E-state index in [1.807, 2.05) is 20.8 Å². The van der Waals surface area contributed by atoms with Gasteiger partial charge in [0.1, 0.15) is 11.6 Å².